The Morgan fingerprint density at radius 2 is 0.482 bits per heavy atom. The van der Waals surface area contributed by atoms with E-state index in [1.807, 2.05) is 0 Å². The summed E-state index contributed by atoms with van der Waals surface area (Å²) in [5, 5.41) is 0. The first-order chi connectivity index (χ1) is 41.0. The van der Waals surface area contributed by atoms with Crippen molar-refractivity contribution in [2.75, 3.05) is 13.2 Å². The fourth-order valence-electron chi connectivity index (χ4n) is 8.46. The molecule has 0 N–H and O–H groups in total. The van der Waals surface area contributed by atoms with E-state index in [0.29, 0.717) is 19.3 Å². The van der Waals surface area contributed by atoms with Crippen molar-refractivity contribution in [3.05, 3.63) is 182 Å². The number of carbonyl (C=O) groups is 3. The van der Waals surface area contributed by atoms with Crippen LogP contribution in [0.2, 0.25) is 0 Å². The summed E-state index contributed by atoms with van der Waals surface area (Å²) in [5.41, 5.74) is 0. The second-order valence-corrected chi connectivity index (χ2v) is 21.3. The number of carbonyl (C=O) groups excluding carboxylic acids is 3. The van der Waals surface area contributed by atoms with Gasteiger partial charge in [0, 0.05) is 19.3 Å². The maximum absolute atomic E-state index is 12.9. The summed E-state index contributed by atoms with van der Waals surface area (Å²) in [7, 11) is 0. The van der Waals surface area contributed by atoms with Gasteiger partial charge in [0.05, 0.1) is 0 Å². The first kappa shape index (κ1) is 77.5. The van der Waals surface area contributed by atoms with Gasteiger partial charge in [-0.15, -0.1) is 0 Å². The minimum Gasteiger partial charge on any atom is -0.462 e. The lowest BCUT2D eigenvalue weighted by Gasteiger charge is -2.18. The average molecular weight is 1140 g/mol. The van der Waals surface area contributed by atoms with Crippen LogP contribution in [-0.4, -0.2) is 37.2 Å². The van der Waals surface area contributed by atoms with Crippen LogP contribution in [-0.2, 0) is 28.6 Å². The molecule has 6 heteroatoms. The lowest BCUT2D eigenvalue weighted by Crippen LogP contribution is -2.30. The van der Waals surface area contributed by atoms with Crippen molar-refractivity contribution < 1.29 is 28.6 Å². The fourth-order valence-corrected chi connectivity index (χ4v) is 8.46. The van der Waals surface area contributed by atoms with Crippen LogP contribution < -0.4 is 0 Å². The molecule has 0 aromatic heterocycles. The Hall–Kier alpha value is -5.49. The summed E-state index contributed by atoms with van der Waals surface area (Å²) >= 11 is 0. The summed E-state index contributed by atoms with van der Waals surface area (Å²) in [6.07, 6.45) is 103. The van der Waals surface area contributed by atoms with E-state index in [0.717, 1.165) is 128 Å². The first-order valence-electron chi connectivity index (χ1n) is 33.3. The van der Waals surface area contributed by atoms with Crippen LogP contribution in [0.25, 0.3) is 0 Å². The van der Waals surface area contributed by atoms with Crippen molar-refractivity contribution >= 4 is 17.9 Å². The van der Waals surface area contributed by atoms with Gasteiger partial charge in [-0.1, -0.05) is 274 Å². The van der Waals surface area contributed by atoms with Gasteiger partial charge in [0.25, 0.3) is 0 Å². The second kappa shape index (κ2) is 69.0. The van der Waals surface area contributed by atoms with Gasteiger partial charge < -0.3 is 14.2 Å². The van der Waals surface area contributed by atoms with Crippen LogP contribution in [0.3, 0.4) is 0 Å². The number of ether oxygens (including phenoxy) is 3. The maximum atomic E-state index is 12.9. The number of esters is 3. The van der Waals surface area contributed by atoms with E-state index in [1.54, 1.807) is 0 Å². The number of rotatable bonds is 58. The maximum Gasteiger partial charge on any atom is 0.306 e. The predicted octanol–water partition coefficient (Wildman–Crippen LogP) is 23.2. The Morgan fingerprint density at radius 3 is 0.807 bits per heavy atom. The fraction of sp³-hybridized carbons (Fsp3) is 0.571. The SMILES string of the molecule is CC/C=C\C/C=C\C/C=C\C/C=C\C/C=C\C/C=C\C/C=C\C/C=C\CCCCC(=O)OCC(COC(=O)CCC/C=C\C/C=C\C/C=C\C/C=C\C/C=C\CC)OC(=O)CCCCCCCCCCC/C=C\C/C=C\CCCCCCC. The molecule has 0 aliphatic rings. The highest BCUT2D eigenvalue weighted by molar-refractivity contribution is 5.71. The largest absolute Gasteiger partial charge is 0.462 e. The Kier molecular flexibility index (Phi) is 64.4. The highest BCUT2D eigenvalue weighted by Gasteiger charge is 2.19. The zero-order valence-corrected chi connectivity index (χ0v) is 53.1. The van der Waals surface area contributed by atoms with E-state index in [1.165, 1.54) is 83.5 Å². The van der Waals surface area contributed by atoms with Crippen LogP contribution in [0.5, 0.6) is 0 Å². The zero-order chi connectivity index (χ0) is 59.9. The molecule has 0 amide bonds. The lowest BCUT2D eigenvalue weighted by molar-refractivity contribution is -0.167. The molecule has 0 saturated carbocycles. The van der Waals surface area contributed by atoms with Crippen molar-refractivity contribution in [3.8, 4) is 0 Å². The molecule has 0 aromatic rings. The number of hydrogen-bond acceptors (Lipinski definition) is 6. The van der Waals surface area contributed by atoms with E-state index in [4.69, 9.17) is 14.2 Å². The number of allylic oxidation sites excluding steroid dienone is 30. The van der Waals surface area contributed by atoms with Crippen LogP contribution in [0.4, 0.5) is 0 Å². The molecule has 0 aromatic carbocycles. The molecule has 0 radical (unpaired) electrons. The number of unbranched alkanes of at least 4 members (excludes halogenated alkanes) is 17. The smallest absolute Gasteiger partial charge is 0.306 e. The van der Waals surface area contributed by atoms with Gasteiger partial charge in [0.2, 0.25) is 0 Å². The molecular formula is C77H120O6. The third-order valence-corrected chi connectivity index (χ3v) is 13.4. The molecule has 0 aliphatic heterocycles. The van der Waals surface area contributed by atoms with Gasteiger partial charge in [0.15, 0.2) is 6.10 Å². The summed E-state index contributed by atoms with van der Waals surface area (Å²) in [4.78, 5) is 38.4. The highest BCUT2D eigenvalue weighted by atomic mass is 16.6. The molecule has 0 heterocycles. The molecule has 6 nitrogen and oxygen atoms in total. The summed E-state index contributed by atoms with van der Waals surface area (Å²) in [6.45, 7) is 6.31. The summed E-state index contributed by atoms with van der Waals surface area (Å²) in [5.74, 6) is -1.04. The molecular weight excluding hydrogens is 1020 g/mol. The molecule has 0 saturated heterocycles. The number of hydrogen-bond donors (Lipinski definition) is 0. The summed E-state index contributed by atoms with van der Waals surface area (Å²) < 4.78 is 16.9. The minimum atomic E-state index is -0.834. The van der Waals surface area contributed by atoms with Crippen molar-refractivity contribution in [2.45, 2.75) is 271 Å². The van der Waals surface area contributed by atoms with E-state index in [9.17, 15) is 14.4 Å². The van der Waals surface area contributed by atoms with E-state index in [-0.39, 0.29) is 44.0 Å². The van der Waals surface area contributed by atoms with E-state index < -0.39 is 6.10 Å². The molecule has 0 spiro atoms. The van der Waals surface area contributed by atoms with E-state index >= 15 is 0 Å². The monoisotopic (exact) mass is 1140 g/mol. The zero-order valence-electron chi connectivity index (χ0n) is 53.1. The first-order valence-corrected chi connectivity index (χ1v) is 33.3. The van der Waals surface area contributed by atoms with Crippen LogP contribution >= 0.6 is 0 Å². The second-order valence-electron chi connectivity index (χ2n) is 21.3. The molecule has 0 rings (SSSR count). The molecule has 464 valence electrons. The van der Waals surface area contributed by atoms with E-state index in [2.05, 4.69) is 203 Å². The normalized spacial score (nSPS) is 13.3. The highest BCUT2D eigenvalue weighted by Crippen LogP contribution is 2.14. The summed E-state index contributed by atoms with van der Waals surface area (Å²) in [6, 6.07) is 0. The van der Waals surface area contributed by atoms with Gasteiger partial charge >= 0.3 is 17.9 Å². The Bertz CT molecular complexity index is 1940. The molecule has 0 aliphatic carbocycles. The van der Waals surface area contributed by atoms with Crippen LogP contribution in [0.1, 0.15) is 265 Å². The Balaban J connectivity index is 4.56. The topological polar surface area (TPSA) is 78.9 Å². The van der Waals surface area contributed by atoms with Gasteiger partial charge in [-0.05, 0) is 154 Å². The van der Waals surface area contributed by atoms with Crippen LogP contribution in [0.15, 0.2) is 182 Å². The minimum absolute atomic E-state index is 0.129. The molecule has 1 atom stereocenters. The third-order valence-electron chi connectivity index (χ3n) is 13.4. The molecule has 83 heavy (non-hydrogen) atoms. The van der Waals surface area contributed by atoms with Crippen molar-refractivity contribution in [1.82, 2.24) is 0 Å². The van der Waals surface area contributed by atoms with Crippen molar-refractivity contribution in [2.24, 2.45) is 0 Å². The quantitative estimate of drug-likeness (QED) is 0.0261. The molecule has 0 bridgehead atoms. The Labute approximate surface area is 510 Å². The predicted molar refractivity (Wildman–Crippen MR) is 361 cm³/mol. The Morgan fingerprint density at radius 1 is 0.253 bits per heavy atom. The molecule has 1 unspecified atom stereocenters. The molecule has 0 fully saturated rings. The van der Waals surface area contributed by atoms with Crippen molar-refractivity contribution in [3.63, 3.8) is 0 Å². The standard InChI is InChI=1S/C77H120O6/c1-4-7-10-13-16-19-22-25-28-31-33-35-36-37-38-39-40-42-43-46-49-52-55-58-61-64-67-70-76(79)82-73-74(72-81-75(78)69-66-63-60-57-54-51-48-45-30-27-24-21-18-15-12-9-6-3)83-77(80)71-68-65-62-59-56-53-50-47-44-41-34-32-29-26-23-20-17-14-11-8-5-2/h7,9-10,12,16,18-19,21,23,25-28,30,32-35,37-38,40,42,46,48-49,51,55,57-58,60,74H,4-6,8,11,13-15,17,20,22,24,29,31,36,39,41,43-45,47,50,52-54,56,59,61-73H2,1-3H3/b10-7-,12-9-,19-16-,21-18-,26-23-,28-25-,30-27-,34-32-,35-33-,38-37-,42-40-,49-46-,51-48-,58-55-,60-57-. The lowest BCUT2D eigenvalue weighted by atomic mass is 10.1. The van der Waals surface area contributed by atoms with Gasteiger partial charge in [-0.2, -0.15) is 0 Å². The average Bonchev–Trinajstić information content (AvgIpc) is 3.49. The third kappa shape index (κ3) is 67.2. The van der Waals surface area contributed by atoms with Gasteiger partial charge in [-0.3, -0.25) is 14.4 Å². The van der Waals surface area contributed by atoms with Crippen LogP contribution in [0, 0.1) is 0 Å². The van der Waals surface area contributed by atoms with Gasteiger partial charge in [-0.25, -0.2) is 0 Å². The van der Waals surface area contributed by atoms with Crippen molar-refractivity contribution in [1.29, 1.82) is 0 Å². The van der Waals surface area contributed by atoms with Gasteiger partial charge in [0.1, 0.15) is 13.2 Å².